The number of thiophene rings is 1. The van der Waals surface area contributed by atoms with E-state index in [1.54, 1.807) is 18.4 Å². The molecule has 90 valence electrons. The number of amides is 1. The van der Waals surface area contributed by atoms with Crippen molar-refractivity contribution in [3.8, 4) is 0 Å². The molecule has 0 saturated heterocycles. The molecule has 1 amide bonds. The van der Waals surface area contributed by atoms with Gasteiger partial charge < -0.3 is 15.4 Å². The quantitative estimate of drug-likeness (QED) is 0.748. The number of carbonyl (C=O) groups excluding carboxylic acids is 1. The maximum Gasteiger partial charge on any atom is 0.234 e. The van der Waals surface area contributed by atoms with Gasteiger partial charge >= 0.3 is 0 Å². The molecule has 0 atom stereocenters. The van der Waals surface area contributed by atoms with Gasteiger partial charge in [-0.2, -0.15) is 0 Å². The van der Waals surface area contributed by atoms with E-state index >= 15 is 0 Å². The van der Waals surface area contributed by atoms with Crippen molar-refractivity contribution in [3.05, 3.63) is 20.8 Å². The van der Waals surface area contributed by atoms with Crippen molar-refractivity contribution in [3.63, 3.8) is 0 Å². The number of hydrogen-bond acceptors (Lipinski definition) is 4. The molecule has 0 aliphatic heterocycles. The Hall–Kier alpha value is -0.430. The SMILES string of the molecule is COCCNCC(=O)NCc1ccc(Br)s1. The molecule has 1 aromatic heterocycles. The Kier molecular flexibility index (Phi) is 6.63. The van der Waals surface area contributed by atoms with Crippen LogP contribution in [0, 0.1) is 0 Å². The van der Waals surface area contributed by atoms with E-state index in [1.165, 1.54) is 0 Å². The summed E-state index contributed by atoms with van der Waals surface area (Å²) in [6.45, 7) is 2.22. The molecule has 16 heavy (non-hydrogen) atoms. The maximum absolute atomic E-state index is 11.4. The lowest BCUT2D eigenvalue weighted by Gasteiger charge is -2.05. The van der Waals surface area contributed by atoms with Crippen LogP contribution < -0.4 is 10.6 Å². The van der Waals surface area contributed by atoms with E-state index < -0.39 is 0 Å². The molecule has 1 rings (SSSR count). The Labute approximate surface area is 108 Å². The van der Waals surface area contributed by atoms with Gasteiger partial charge in [0.25, 0.3) is 0 Å². The van der Waals surface area contributed by atoms with Crippen LogP contribution in [0.15, 0.2) is 15.9 Å². The maximum atomic E-state index is 11.4. The number of methoxy groups -OCH3 is 1. The van der Waals surface area contributed by atoms with E-state index in [4.69, 9.17) is 4.74 Å². The summed E-state index contributed by atoms with van der Waals surface area (Å²) >= 11 is 5.00. The predicted octanol–water partition coefficient (Wildman–Crippen LogP) is 1.36. The number of carbonyl (C=O) groups is 1. The Morgan fingerprint density at radius 3 is 3.00 bits per heavy atom. The van der Waals surface area contributed by atoms with Crippen molar-refractivity contribution in [1.29, 1.82) is 0 Å². The van der Waals surface area contributed by atoms with E-state index in [0.29, 0.717) is 26.2 Å². The zero-order chi connectivity index (χ0) is 11.8. The molecule has 0 spiro atoms. The average molecular weight is 307 g/mol. The normalized spacial score (nSPS) is 10.4. The van der Waals surface area contributed by atoms with Gasteiger partial charge in [-0.1, -0.05) is 0 Å². The fraction of sp³-hybridized carbons (Fsp3) is 0.500. The molecular weight excluding hydrogens is 292 g/mol. The lowest BCUT2D eigenvalue weighted by molar-refractivity contribution is -0.120. The summed E-state index contributed by atoms with van der Waals surface area (Å²) in [6, 6.07) is 3.97. The second kappa shape index (κ2) is 7.78. The second-order valence-corrected chi connectivity index (χ2v) is 5.70. The van der Waals surface area contributed by atoms with E-state index in [-0.39, 0.29) is 5.91 Å². The van der Waals surface area contributed by atoms with Gasteiger partial charge in [-0.05, 0) is 28.1 Å². The van der Waals surface area contributed by atoms with Crippen molar-refractivity contribution in [1.82, 2.24) is 10.6 Å². The lowest BCUT2D eigenvalue weighted by Crippen LogP contribution is -2.34. The summed E-state index contributed by atoms with van der Waals surface area (Å²) in [5.74, 6) is 0.000579. The summed E-state index contributed by atoms with van der Waals surface area (Å²) in [6.07, 6.45) is 0. The monoisotopic (exact) mass is 306 g/mol. The lowest BCUT2D eigenvalue weighted by atomic mass is 10.4. The number of nitrogens with one attached hydrogen (secondary N) is 2. The molecule has 0 saturated carbocycles. The summed E-state index contributed by atoms with van der Waals surface area (Å²) in [4.78, 5) is 12.5. The molecule has 0 radical (unpaired) electrons. The zero-order valence-corrected chi connectivity index (χ0v) is 11.5. The molecular formula is C10H15BrN2O2S. The van der Waals surface area contributed by atoms with Gasteiger partial charge in [-0.25, -0.2) is 0 Å². The van der Waals surface area contributed by atoms with Gasteiger partial charge in [-0.15, -0.1) is 11.3 Å². The Morgan fingerprint density at radius 1 is 1.56 bits per heavy atom. The third kappa shape index (κ3) is 5.60. The van der Waals surface area contributed by atoms with E-state index in [0.717, 1.165) is 8.66 Å². The summed E-state index contributed by atoms with van der Waals surface area (Å²) in [7, 11) is 1.64. The molecule has 0 unspecified atom stereocenters. The van der Waals surface area contributed by atoms with Crippen molar-refractivity contribution >= 4 is 33.2 Å². The minimum absolute atomic E-state index is 0.000579. The van der Waals surface area contributed by atoms with Gasteiger partial charge in [0.1, 0.15) is 0 Å². The number of rotatable bonds is 7. The Bertz CT molecular complexity index is 330. The highest BCUT2D eigenvalue weighted by atomic mass is 79.9. The molecule has 1 heterocycles. The largest absolute Gasteiger partial charge is 0.383 e. The fourth-order valence-electron chi connectivity index (χ4n) is 1.07. The molecule has 6 heteroatoms. The van der Waals surface area contributed by atoms with Crippen LogP contribution in [0.5, 0.6) is 0 Å². The van der Waals surface area contributed by atoms with Crippen LogP contribution in [0.3, 0.4) is 0 Å². The smallest absolute Gasteiger partial charge is 0.234 e. The zero-order valence-electron chi connectivity index (χ0n) is 9.09. The molecule has 0 aliphatic rings. The van der Waals surface area contributed by atoms with Crippen LogP contribution >= 0.6 is 27.3 Å². The molecule has 0 aliphatic carbocycles. The van der Waals surface area contributed by atoms with Crippen LogP contribution in [-0.4, -0.2) is 32.7 Å². The third-order valence-electron chi connectivity index (χ3n) is 1.86. The summed E-state index contributed by atoms with van der Waals surface area (Å²) in [5, 5.41) is 5.82. The Balaban J connectivity index is 2.10. The van der Waals surface area contributed by atoms with E-state index in [2.05, 4.69) is 26.6 Å². The molecule has 0 bridgehead atoms. The molecule has 1 aromatic rings. The van der Waals surface area contributed by atoms with Gasteiger partial charge in [0.15, 0.2) is 0 Å². The minimum Gasteiger partial charge on any atom is -0.383 e. The number of halogens is 1. The van der Waals surface area contributed by atoms with Crippen LogP contribution in [0.4, 0.5) is 0 Å². The molecule has 0 aromatic carbocycles. The molecule has 4 nitrogen and oxygen atoms in total. The first-order valence-corrected chi connectivity index (χ1v) is 6.54. The first-order valence-electron chi connectivity index (χ1n) is 4.93. The minimum atomic E-state index is 0.000579. The summed E-state index contributed by atoms with van der Waals surface area (Å²) in [5.41, 5.74) is 0. The molecule has 0 fully saturated rings. The number of hydrogen-bond donors (Lipinski definition) is 2. The topological polar surface area (TPSA) is 50.4 Å². The first-order chi connectivity index (χ1) is 7.72. The van der Waals surface area contributed by atoms with Crippen LogP contribution in [0.1, 0.15) is 4.88 Å². The standard InChI is InChI=1S/C10H15BrN2O2S/c1-15-5-4-12-7-10(14)13-6-8-2-3-9(11)16-8/h2-3,12H,4-7H2,1H3,(H,13,14). The van der Waals surface area contributed by atoms with E-state index in [1.807, 2.05) is 12.1 Å². The molecule has 2 N–H and O–H groups in total. The van der Waals surface area contributed by atoms with Crippen LogP contribution in [-0.2, 0) is 16.1 Å². The number of ether oxygens (including phenoxy) is 1. The van der Waals surface area contributed by atoms with Gasteiger partial charge in [0.2, 0.25) is 5.91 Å². The summed E-state index contributed by atoms with van der Waals surface area (Å²) < 4.78 is 5.94. The van der Waals surface area contributed by atoms with Gasteiger partial charge in [-0.3, -0.25) is 4.79 Å². The fourth-order valence-corrected chi connectivity index (χ4v) is 2.49. The van der Waals surface area contributed by atoms with Crippen LogP contribution in [0.25, 0.3) is 0 Å². The van der Waals surface area contributed by atoms with E-state index in [9.17, 15) is 4.79 Å². The van der Waals surface area contributed by atoms with Crippen molar-refractivity contribution in [2.75, 3.05) is 26.8 Å². The van der Waals surface area contributed by atoms with Crippen molar-refractivity contribution < 1.29 is 9.53 Å². The first kappa shape index (κ1) is 13.6. The van der Waals surface area contributed by atoms with Gasteiger partial charge in [0.05, 0.1) is 23.5 Å². The Morgan fingerprint density at radius 2 is 2.38 bits per heavy atom. The van der Waals surface area contributed by atoms with Crippen LogP contribution in [0.2, 0.25) is 0 Å². The second-order valence-electron chi connectivity index (χ2n) is 3.15. The highest BCUT2D eigenvalue weighted by Gasteiger charge is 2.02. The van der Waals surface area contributed by atoms with Crippen molar-refractivity contribution in [2.45, 2.75) is 6.54 Å². The highest BCUT2D eigenvalue weighted by molar-refractivity contribution is 9.11. The van der Waals surface area contributed by atoms with Gasteiger partial charge in [0, 0.05) is 18.5 Å². The third-order valence-corrected chi connectivity index (χ3v) is 3.48. The average Bonchev–Trinajstić information content (AvgIpc) is 2.68. The predicted molar refractivity (Wildman–Crippen MR) is 68.6 cm³/mol. The highest BCUT2D eigenvalue weighted by Crippen LogP contribution is 2.21. The van der Waals surface area contributed by atoms with Crippen molar-refractivity contribution in [2.24, 2.45) is 0 Å².